The third-order valence-electron chi connectivity index (χ3n) is 2.86. The third kappa shape index (κ3) is 2.53. The van der Waals surface area contributed by atoms with Crippen LogP contribution in [0.3, 0.4) is 0 Å². The highest BCUT2D eigenvalue weighted by molar-refractivity contribution is 6.30. The summed E-state index contributed by atoms with van der Waals surface area (Å²) in [6.07, 6.45) is 2.84. The van der Waals surface area contributed by atoms with Gasteiger partial charge >= 0.3 is 0 Å². The first-order chi connectivity index (χ1) is 10.2. The maximum Gasteiger partial charge on any atom is 0.262 e. The van der Waals surface area contributed by atoms with E-state index < -0.39 is 0 Å². The number of rotatable bonds is 3. The normalized spacial score (nSPS) is 10.6. The molecule has 0 saturated heterocycles. The fourth-order valence-electron chi connectivity index (χ4n) is 1.86. The third-order valence-corrected chi connectivity index (χ3v) is 3.10. The largest absolute Gasteiger partial charge is 0.505 e. The van der Waals surface area contributed by atoms with Gasteiger partial charge in [-0.25, -0.2) is 0 Å². The Labute approximate surface area is 125 Å². The van der Waals surface area contributed by atoms with Crippen molar-refractivity contribution in [3.8, 4) is 34.3 Å². The van der Waals surface area contributed by atoms with Crippen LogP contribution in [-0.2, 0) is 0 Å². The van der Waals surface area contributed by atoms with E-state index >= 15 is 0 Å². The molecular weight excluding hydrogens is 294 g/mol. The Kier molecular flexibility index (Phi) is 3.45. The number of hydrogen-bond acceptors (Lipinski definition) is 6. The first kappa shape index (κ1) is 13.4. The smallest absolute Gasteiger partial charge is 0.262 e. The molecule has 0 aliphatic rings. The highest BCUT2D eigenvalue weighted by Gasteiger charge is 2.16. The van der Waals surface area contributed by atoms with Gasteiger partial charge < -0.3 is 14.4 Å². The summed E-state index contributed by atoms with van der Waals surface area (Å²) in [6.45, 7) is 0. The van der Waals surface area contributed by atoms with Crippen molar-refractivity contribution in [2.45, 2.75) is 0 Å². The molecule has 0 fully saturated rings. The average Bonchev–Trinajstić information content (AvgIpc) is 2.97. The van der Waals surface area contributed by atoms with Crippen molar-refractivity contribution in [2.24, 2.45) is 0 Å². The molecule has 3 rings (SSSR count). The molecular formula is C14H10ClN3O3. The second-order valence-corrected chi connectivity index (χ2v) is 4.60. The minimum Gasteiger partial charge on any atom is -0.505 e. The topological polar surface area (TPSA) is 81.3 Å². The van der Waals surface area contributed by atoms with Crippen molar-refractivity contribution in [3.63, 3.8) is 0 Å². The molecule has 1 aromatic carbocycles. The number of hydrogen-bond donors (Lipinski definition) is 1. The van der Waals surface area contributed by atoms with Crippen LogP contribution < -0.4 is 4.74 Å². The van der Waals surface area contributed by atoms with Crippen LogP contribution >= 0.6 is 11.6 Å². The lowest BCUT2D eigenvalue weighted by atomic mass is 10.2. The summed E-state index contributed by atoms with van der Waals surface area (Å²) in [5.74, 6) is 1.04. The predicted octanol–water partition coefficient (Wildman–Crippen LogP) is 3.17. The lowest BCUT2D eigenvalue weighted by Gasteiger charge is -2.04. The first-order valence-electron chi connectivity index (χ1n) is 6.00. The zero-order valence-corrected chi connectivity index (χ0v) is 11.7. The molecule has 0 bridgehead atoms. The molecule has 1 N–H and O–H groups in total. The summed E-state index contributed by atoms with van der Waals surface area (Å²) < 4.78 is 10.4. The van der Waals surface area contributed by atoms with Crippen molar-refractivity contribution < 1.29 is 14.4 Å². The number of benzene rings is 1. The predicted molar refractivity (Wildman–Crippen MR) is 76.2 cm³/mol. The summed E-state index contributed by atoms with van der Waals surface area (Å²) in [6, 6.07) is 6.70. The molecule has 0 spiro atoms. The van der Waals surface area contributed by atoms with E-state index in [-0.39, 0.29) is 11.6 Å². The number of nitrogens with zero attached hydrogens (tertiary/aromatic N) is 3. The maximum atomic E-state index is 9.75. The molecule has 6 nitrogen and oxygen atoms in total. The van der Waals surface area contributed by atoms with Crippen LogP contribution in [0.15, 0.2) is 41.2 Å². The molecule has 0 amide bonds. The first-order valence-corrected chi connectivity index (χ1v) is 6.38. The van der Waals surface area contributed by atoms with Crippen molar-refractivity contribution in [1.29, 1.82) is 0 Å². The zero-order chi connectivity index (χ0) is 14.8. The van der Waals surface area contributed by atoms with E-state index in [1.807, 2.05) is 0 Å². The molecule has 0 aliphatic carbocycles. The van der Waals surface area contributed by atoms with E-state index in [9.17, 15) is 5.11 Å². The summed E-state index contributed by atoms with van der Waals surface area (Å²) in [5.41, 5.74) is 1.06. The molecule has 2 heterocycles. The van der Waals surface area contributed by atoms with E-state index in [0.717, 1.165) is 0 Å². The van der Waals surface area contributed by atoms with Gasteiger partial charge in [0.25, 0.3) is 5.89 Å². The lowest BCUT2D eigenvalue weighted by molar-refractivity contribution is 0.412. The minimum atomic E-state index is -0.0317. The van der Waals surface area contributed by atoms with Crippen LogP contribution in [0, 0.1) is 0 Å². The Hall–Kier alpha value is -2.60. The SMILES string of the molecule is COc1cc(Cl)ccc1-c1noc(-c2ccncc2O)n1. The Morgan fingerprint density at radius 2 is 2.10 bits per heavy atom. The van der Waals surface area contributed by atoms with Gasteiger partial charge in [0.15, 0.2) is 0 Å². The number of aromatic hydroxyl groups is 1. The quantitative estimate of drug-likeness (QED) is 0.800. The van der Waals surface area contributed by atoms with Gasteiger partial charge in [-0.3, -0.25) is 4.98 Å². The van der Waals surface area contributed by atoms with E-state index in [1.54, 1.807) is 24.3 Å². The number of pyridine rings is 1. The van der Waals surface area contributed by atoms with Gasteiger partial charge in [-0.05, 0) is 24.3 Å². The minimum absolute atomic E-state index is 0.0317. The van der Waals surface area contributed by atoms with Gasteiger partial charge in [-0.2, -0.15) is 4.98 Å². The second-order valence-electron chi connectivity index (χ2n) is 4.16. The highest BCUT2D eigenvalue weighted by Crippen LogP contribution is 2.33. The van der Waals surface area contributed by atoms with Crippen molar-refractivity contribution in [3.05, 3.63) is 41.7 Å². The summed E-state index contributed by atoms with van der Waals surface area (Å²) in [5, 5.41) is 14.2. The van der Waals surface area contributed by atoms with Gasteiger partial charge in [0.05, 0.1) is 24.4 Å². The molecule has 7 heteroatoms. The number of methoxy groups -OCH3 is 1. The summed E-state index contributed by atoms with van der Waals surface area (Å²) >= 11 is 5.92. The fourth-order valence-corrected chi connectivity index (χ4v) is 2.02. The molecule has 0 atom stereocenters. The van der Waals surface area contributed by atoms with Crippen LogP contribution in [-0.4, -0.2) is 27.3 Å². The van der Waals surface area contributed by atoms with Crippen LogP contribution in [0.4, 0.5) is 0 Å². The standard InChI is InChI=1S/C14H10ClN3O3/c1-20-12-6-8(15)2-3-10(12)13-17-14(21-18-13)9-4-5-16-7-11(9)19/h2-7,19H,1H3. The summed E-state index contributed by atoms with van der Waals surface area (Å²) in [4.78, 5) is 8.06. The molecule has 106 valence electrons. The highest BCUT2D eigenvalue weighted by atomic mass is 35.5. The van der Waals surface area contributed by atoms with Crippen LogP contribution in [0.25, 0.3) is 22.8 Å². The fraction of sp³-hybridized carbons (Fsp3) is 0.0714. The van der Waals surface area contributed by atoms with Crippen molar-refractivity contribution in [2.75, 3.05) is 7.11 Å². The molecule has 0 saturated carbocycles. The molecule has 21 heavy (non-hydrogen) atoms. The molecule has 3 aromatic rings. The van der Waals surface area contributed by atoms with Crippen LogP contribution in [0.5, 0.6) is 11.5 Å². The van der Waals surface area contributed by atoms with Gasteiger partial charge in [-0.1, -0.05) is 16.8 Å². The monoisotopic (exact) mass is 303 g/mol. The second kappa shape index (κ2) is 5.41. The van der Waals surface area contributed by atoms with E-state index in [2.05, 4.69) is 15.1 Å². The average molecular weight is 304 g/mol. The number of aromatic nitrogens is 3. The Morgan fingerprint density at radius 1 is 1.24 bits per heavy atom. The van der Waals surface area contributed by atoms with Crippen molar-refractivity contribution in [1.82, 2.24) is 15.1 Å². The molecule has 0 unspecified atom stereocenters. The van der Waals surface area contributed by atoms with Gasteiger partial charge in [-0.15, -0.1) is 0 Å². The molecule has 0 radical (unpaired) electrons. The van der Waals surface area contributed by atoms with E-state index in [1.165, 1.54) is 19.5 Å². The van der Waals surface area contributed by atoms with Gasteiger partial charge in [0, 0.05) is 11.2 Å². The molecule has 0 aliphatic heterocycles. The number of ether oxygens (including phenoxy) is 1. The van der Waals surface area contributed by atoms with Gasteiger partial charge in [0.1, 0.15) is 11.5 Å². The molecule has 2 aromatic heterocycles. The van der Waals surface area contributed by atoms with Crippen LogP contribution in [0.1, 0.15) is 0 Å². The maximum absolute atomic E-state index is 9.75. The van der Waals surface area contributed by atoms with Crippen molar-refractivity contribution >= 4 is 11.6 Å². The lowest BCUT2D eigenvalue weighted by Crippen LogP contribution is -1.89. The zero-order valence-electron chi connectivity index (χ0n) is 10.9. The summed E-state index contributed by atoms with van der Waals surface area (Å²) in [7, 11) is 1.53. The Bertz CT molecular complexity index is 789. The Balaban J connectivity index is 2.05. The van der Waals surface area contributed by atoms with Crippen LogP contribution in [0.2, 0.25) is 5.02 Å². The van der Waals surface area contributed by atoms with E-state index in [0.29, 0.717) is 27.7 Å². The Morgan fingerprint density at radius 3 is 2.86 bits per heavy atom. The number of halogens is 1. The van der Waals surface area contributed by atoms with E-state index in [4.69, 9.17) is 20.9 Å². The van der Waals surface area contributed by atoms with Gasteiger partial charge in [0.2, 0.25) is 5.82 Å².